The molecule has 0 spiro atoms. The van der Waals surface area contributed by atoms with Gasteiger partial charge in [0.05, 0.1) is 11.6 Å². The van der Waals surface area contributed by atoms with E-state index in [9.17, 15) is 4.79 Å². The standard InChI is InChI=1S/C19H25N3O2/c1-21(2)11-12-22(14-16-7-5-13-24-16)19(23)18-10-9-15-6-3-4-8-17(15)20-18/h3-4,6,8-10,16H,5,7,11-14H2,1-2H3. The van der Waals surface area contributed by atoms with E-state index in [0.717, 1.165) is 36.9 Å². The van der Waals surface area contributed by atoms with Crippen molar-refractivity contribution >= 4 is 16.8 Å². The molecule has 1 fully saturated rings. The van der Waals surface area contributed by atoms with Gasteiger partial charge in [0.25, 0.3) is 5.91 Å². The number of hydrogen-bond acceptors (Lipinski definition) is 4. The largest absolute Gasteiger partial charge is 0.376 e. The summed E-state index contributed by atoms with van der Waals surface area (Å²) in [6.07, 6.45) is 2.25. The van der Waals surface area contributed by atoms with Crippen LogP contribution >= 0.6 is 0 Å². The van der Waals surface area contributed by atoms with Crippen LogP contribution in [0.1, 0.15) is 23.3 Å². The van der Waals surface area contributed by atoms with Crippen LogP contribution in [0.3, 0.4) is 0 Å². The average molecular weight is 327 g/mol. The van der Waals surface area contributed by atoms with Crippen LogP contribution in [0.2, 0.25) is 0 Å². The molecule has 0 saturated carbocycles. The van der Waals surface area contributed by atoms with Crippen molar-refractivity contribution < 1.29 is 9.53 Å². The Labute approximate surface area is 143 Å². The number of ether oxygens (including phenoxy) is 1. The molecule has 1 saturated heterocycles. The van der Waals surface area contributed by atoms with E-state index >= 15 is 0 Å². The highest BCUT2D eigenvalue weighted by Gasteiger charge is 2.24. The van der Waals surface area contributed by atoms with Gasteiger partial charge in [-0.2, -0.15) is 0 Å². The fourth-order valence-corrected chi connectivity index (χ4v) is 2.98. The first-order valence-electron chi connectivity index (χ1n) is 8.55. The lowest BCUT2D eigenvalue weighted by Gasteiger charge is -2.26. The van der Waals surface area contributed by atoms with Crippen molar-refractivity contribution in [1.29, 1.82) is 0 Å². The summed E-state index contributed by atoms with van der Waals surface area (Å²) in [6, 6.07) is 11.7. The van der Waals surface area contributed by atoms with Gasteiger partial charge >= 0.3 is 0 Å². The molecular formula is C19H25N3O2. The molecule has 0 radical (unpaired) electrons. The van der Waals surface area contributed by atoms with Crippen LogP contribution in [0, 0.1) is 0 Å². The van der Waals surface area contributed by atoms with Gasteiger partial charge in [0.1, 0.15) is 5.69 Å². The van der Waals surface area contributed by atoms with Gasteiger partial charge in [0.15, 0.2) is 0 Å². The van der Waals surface area contributed by atoms with Crippen molar-refractivity contribution in [2.24, 2.45) is 0 Å². The van der Waals surface area contributed by atoms with Crippen LogP contribution in [0.15, 0.2) is 36.4 Å². The number of pyridine rings is 1. The zero-order valence-corrected chi connectivity index (χ0v) is 14.4. The average Bonchev–Trinajstić information content (AvgIpc) is 3.10. The Morgan fingerprint density at radius 3 is 2.79 bits per heavy atom. The summed E-state index contributed by atoms with van der Waals surface area (Å²) in [5.41, 5.74) is 1.36. The van der Waals surface area contributed by atoms with E-state index in [1.165, 1.54) is 0 Å². The van der Waals surface area contributed by atoms with Gasteiger partial charge in [-0.25, -0.2) is 4.98 Å². The van der Waals surface area contributed by atoms with E-state index in [1.807, 2.05) is 55.4 Å². The van der Waals surface area contributed by atoms with Crippen LogP contribution in [-0.2, 0) is 4.74 Å². The molecule has 1 amide bonds. The molecule has 3 rings (SSSR count). The molecule has 128 valence electrons. The number of benzene rings is 1. The molecule has 1 unspecified atom stereocenters. The molecular weight excluding hydrogens is 302 g/mol. The van der Waals surface area contributed by atoms with Crippen molar-refractivity contribution in [2.75, 3.05) is 40.3 Å². The minimum atomic E-state index is -0.0156. The zero-order valence-electron chi connectivity index (χ0n) is 14.4. The van der Waals surface area contributed by atoms with Crippen molar-refractivity contribution in [3.63, 3.8) is 0 Å². The maximum absolute atomic E-state index is 13.0. The summed E-state index contributed by atoms with van der Waals surface area (Å²) in [6.45, 7) is 2.95. The number of amides is 1. The third-order valence-corrected chi connectivity index (χ3v) is 4.37. The number of aromatic nitrogens is 1. The van der Waals surface area contributed by atoms with Gasteiger partial charge < -0.3 is 14.5 Å². The lowest BCUT2D eigenvalue weighted by atomic mass is 10.2. The molecule has 0 aliphatic carbocycles. The monoisotopic (exact) mass is 327 g/mol. The zero-order chi connectivity index (χ0) is 16.9. The van der Waals surface area contributed by atoms with E-state index in [2.05, 4.69) is 9.88 Å². The van der Waals surface area contributed by atoms with Crippen LogP contribution < -0.4 is 0 Å². The van der Waals surface area contributed by atoms with Crippen molar-refractivity contribution in [1.82, 2.24) is 14.8 Å². The van der Waals surface area contributed by atoms with E-state index < -0.39 is 0 Å². The molecule has 0 bridgehead atoms. The van der Waals surface area contributed by atoms with E-state index in [1.54, 1.807) is 0 Å². The Kier molecular flexibility index (Phi) is 5.43. The predicted octanol–water partition coefficient (Wildman–Crippen LogP) is 2.42. The predicted molar refractivity (Wildman–Crippen MR) is 95.2 cm³/mol. The third kappa shape index (κ3) is 4.10. The Morgan fingerprint density at radius 1 is 1.21 bits per heavy atom. The first-order valence-corrected chi connectivity index (χ1v) is 8.55. The summed E-state index contributed by atoms with van der Waals surface area (Å²) in [4.78, 5) is 21.5. The number of fused-ring (bicyclic) bond motifs is 1. The summed E-state index contributed by atoms with van der Waals surface area (Å²) < 4.78 is 5.72. The minimum Gasteiger partial charge on any atom is -0.376 e. The van der Waals surface area contributed by atoms with Crippen LogP contribution in [0.25, 0.3) is 10.9 Å². The minimum absolute atomic E-state index is 0.0156. The van der Waals surface area contributed by atoms with Gasteiger partial charge in [0.2, 0.25) is 0 Å². The van der Waals surface area contributed by atoms with Crippen LogP contribution in [-0.4, -0.2) is 67.1 Å². The van der Waals surface area contributed by atoms with Crippen molar-refractivity contribution in [3.05, 3.63) is 42.1 Å². The molecule has 1 atom stereocenters. The smallest absolute Gasteiger partial charge is 0.272 e. The first-order chi connectivity index (χ1) is 11.6. The van der Waals surface area contributed by atoms with Gasteiger partial charge in [0, 0.05) is 31.6 Å². The highest BCUT2D eigenvalue weighted by Crippen LogP contribution is 2.16. The second-order valence-electron chi connectivity index (χ2n) is 6.58. The summed E-state index contributed by atoms with van der Waals surface area (Å²) in [5.74, 6) is -0.0156. The molecule has 2 heterocycles. The fraction of sp³-hybridized carbons (Fsp3) is 0.474. The number of carbonyl (C=O) groups is 1. The van der Waals surface area contributed by atoms with Gasteiger partial charge in [-0.1, -0.05) is 24.3 Å². The first kappa shape index (κ1) is 16.9. The maximum atomic E-state index is 13.0. The second kappa shape index (κ2) is 7.73. The number of likely N-dealkylation sites (N-methyl/N-ethyl adjacent to an activating group) is 1. The van der Waals surface area contributed by atoms with E-state index in [4.69, 9.17) is 4.74 Å². The summed E-state index contributed by atoms with van der Waals surface area (Å²) >= 11 is 0. The normalized spacial score (nSPS) is 17.5. The number of para-hydroxylation sites is 1. The van der Waals surface area contributed by atoms with Gasteiger partial charge in [-0.15, -0.1) is 0 Å². The molecule has 5 nitrogen and oxygen atoms in total. The number of hydrogen-bond donors (Lipinski definition) is 0. The summed E-state index contributed by atoms with van der Waals surface area (Å²) in [5, 5.41) is 1.05. The molecule has 0 N–H and O–H groups in total. The Hall–Kier alpha value is -1.98. The Balaban J connectivity index is 1.79. The Morgan fingerprint density at radius 2 is 2.04 bits per heavy atom. The van der Waals surface area contributed by atoms with Crippen molar-refractivity contribution in [2.45, 2.75) is 18.9 Å². The lowest BCUT2D eigenvalue weighted by molar-refractivity contribution is 0.0508. The Bertz CT molecular complexity index is 696. The third-order valence-electron chi connectivity index (χ3n) is 4.37. The molecule has 1 aromatic heterocycles. The molecule has 24 heavy (non-hydrogen) atoms. The molecule has 1 aliphatic rings. The lowest BCUT2D eigenvalue weighted by Crippen LogP contribution is -2.41. The molecule has 1 aliphatic heterocycles. The topological polar surface area (TPSA) is 45.7 Å². The van der Waals surface area contributed by atoms with Crippen LogP contribution in [0.4, 0.5) is 0 Å². The van der Waals surface area contributed by atoms with E-state index in [-0.39, 0.29) is 12.0 Å². The quantitative estimate of drug-likeness (QED) is 0.817. The van der Waals surface area contributed by atoms with Crippen LogP contribution in [0.5, 0.6) is 0 Å². The summed E-state index contributed by atoms with van der Waals surface area (Å²) in [7, 11) is 4.03. The number of rotatable bonds is 6. The number of nitrogens with zero attached hydrogens (tertiary/aromatic N) is 3. The molecule has 1 aromatic carbocycles. The second-order valence-corrected chi connectivity index (χ2v) is 6.58. The highest BCUT2D eigenvalue weighted by atomic mass is 16.5. The SMILES string of the molecule is CN(C)CCN(CC1CCCO1)C(=O)c1ccc2ccccc2n1. The van der Waals surface area contributed by atoms with Gasteiger partial charge in [-0.05, 0) is 39.1 Å². The number of carbonyl (C=O) groups excluding carboxylic acids is 1. The molecule has 5 heteroatoms. The van der Waals surface area contributed by atoms with E-state index in [0.29, 0.717) is 18.8 Å². The van der Waals surface area contributed by atoms with Crippen molar-refractivity contribution in [3.8, 4) is 0 Å². The highest BCUT2D eigenvalue weighted by molar-refractivity contribution is 5.94. The maximum Gasteiger partial charge on any atom is 0.272 e. The van der Waals surface area contributed by atoms with Gasteiger partial charge in [-0.3, -0.25) is 4.79 Å². The molecule has 2 aromatic rings. The fourth-order valence-electron chi connectivity index (χ4n) is 2.98.